The van der Waals surface area contributed by atoms with E-state index in [9.17, 15) is 0 Å². The number of rotatable bonds is 14. The first-order valence-electron chi connectivity index (χ1n) is 29.7. The van der Waals surface area contributed by atoms with Gasteiger partial charge in [-0.3, -0.25) is 4.79 Å². The average Bonchev–Trinajstić information content (AvgIpc) is 3.31. The first kappa shape index (κ1) is 53.0. The van der Waals surface area contributed by atoms with E-state index in [1.54, 1.807) is 0 Å². The van der Waals surface area contributed by atoms with Gasteiger partial charge in [0.1, 0.15) is 0 Å². The molecule has 1 aliphatic rings. The molecule has 0 saturated carbocycles. The van der Waals surface area contributed by atoms with E-state index in [1.807, 2.05) is 0 Å². The molecule has 86 heavy (non-hydrogen) atoms. The zero-order chi connectivity index (χ0) is 57.6. The van der Waals surface area contributed by atoms with Crippen LogP contribution in [0.3, 0.4) is 0 Å². The van der Waals surface area contributed by atoms with Crippen LogP contribution in [0.4, 0.5) is 0 Å². The van der Waals surface area contributed by atoms with Gasteiger partial charge in [0.25, 0.3) is 0 Å². The van der Waals surface area contributed by atoms with E-state index in [1.165, 1.54) is 11.1 Å². The van der Waals surface area contributed by atoms with Gasteiger partial charge in [0, 0.05) is 11.1 Å². The molecule has 0 fully saturated rings. The molecule has 1 nitrogen and oxygen atoms in total. The van der Waals surface area contributed by atoms with E-state index in [0.717, 1.165) is 135 Å². The molecule has 0 aliphatic heterocycles. The maximum atomic E-state index is 16.5. The van der Waals surface area contributed by atoms with Gasteiger partial charge in [0.05, 0.1) is 0 Å². The fraction of sp³-hybridized carbons (Fsp3) is 0.0235. The Hall–Kier alpha value is -11.0. The van der Waals surface area contributed by atoms with Crippen LogP contribution in [0.15, 0.2) is 340 Å². The minimum Gasteiger partial charge on any atom is -0.289 e. The van der Waals surface area contributed by atoms with Crippen molar-refractivity contribution in [2.45, 2.75) is 12.8 Å². The van der Waals surface area contributed by atoms with Crippen LogP contribution in [0.2, 0.25) is 0 Å². The predicted octanol–water partition coefficient (Wildman–Crippen LogP) is 23.0. The first-order valence-corrected chi connectivity index (χ1v) is 29.7. The molecule has 13 aromatic rings. The highest BCUT2D eigenvalue weighted by Crippen LogP contribution is 2.42. The lowest BCUT2D eigenvalue weighted by Gasteiger charge is -2.18. The van der Waals surface area contributed by atoms with Crippen LogP contribution in [0.5, 0.6) is 0 Å². The lowest BCUT2D eigenvalue weighted by Crippen LogP contribution is -2.04. The van der Waals surface area contributed by atoms with Crippen LogP contribution < -0.4 is 0 Å². The van der Waals surface area contributed by atoms with Gasteiger partial charge < -0.3 is 0 Å². The topological polar surface area (TPSA) is 17.1 Å². The molecule has 14 rings (SSSR count). The summed E-state index contributed by atoms with van der Waals surface area (Å²) in [5, 5.41) is 0. The van der Waals surface area contributed by atoms with Crippen molar-refractivity contribution in [2.75, 3.05) is 0 Å². The van der Waals surface area contributed by atoms with Crippen molar-refractivity contribution in [1.29, 1.82) is 0 Å². The third-order valence-corrected chi connectivity index (χ3v) is 16.6. The normalized spacial score (nSPS) is 11.9. The Morgan fingerprint density at radius 1 is 0.209 bits per heavy atom. The van der Waals surface area contributed by atoms with Crippen molar-refractivity contribution < 1.29 is 4.79 Å². The van der Waals surface area contributed by atoms with Crippen LogP contribution in [0.1, 0.15) is 34.3 Å². The molecule has 0 amide bonds. The quantitative estimate of drug-likeness (QED) is 0.0992. The summed E-state index contributed by atoms with van der Waals surface area (Å²) in [5.41, 5.74) is 27.2. The summed E-state index contributed by atoms with van der Waals surface area (Å²) in [6.45, 7) is 0. The molecule has 0 N–H and O–H groups in total. The van der Waals surface area contributed by atoms with Crippen LogP contribution in [0.25, 0.3) is 128 Å². The molecular formula is C85H60O. The molecule has 0 saturated heterocycles. The van der Waals surface area contributed by atoms with E-state index < -0.39 is 0 Å². The van der Waals surface area contributed by atoms with Crippen LogP contribution >= 0.6 is 0 Å². The van der Waals surface area contributed by atoms with Crippen LogP contribution in [-0.4, -0.2) is 5.78 Å². The maximum Gasteiger partial charge on any atom is 0.193 e. The number of carbonyl (C=O) groups excluding carboxylic acids is 1. The summed E-state index contributed by atoms with van der Waals surface area (Å²) >= 11 is 0. The van der Waals surface area contributed by atoms with Crippen molar-refractivity contribution >= 4 is 11.4 Å². The highest BCUT2D eigenvalue weighted by atomic mass is 16.1. The molecule has 406 valence electrons. The summed E-state index contributed by atoms with van der Waals surface area (Å²) < 4.78 is 0. The molecule has 0 aromatic heterocycles. The van der Waals surface area contributed by atoms with Crippen molar-refractivity contribution in [3.05, 3.63) is 356 Å². The highest BCUT2D eigenvalue weighted by molar-refractivity contribution is 6.12. The third-order valence-electron chi connectivity index (χ3n) is 16.6. The Morgan fingerprint density at radius 2 is 0.395 bits per heavy atom. The van der Waals surface area contributed by atoms with Gasteiger partial charge in [-0.2, -0.15) is 0 Å². The summed E-state index contributed by atoms with van der Waals surface area (Å²) in [4.78, 5) is 16.5. The third kappa shape index (κ3) is 11.6. The van der Waals surface area contributed by atoms with Gasteiger partial charge >= 0.3 is 0 Å². The molecule has 0 spiro atoms. The van der Waals surface area contributed by atoms with Gasteiger partial charge in [-0.05, 0) is 256 Å². The Morgan fingerprint density at radius 3 is 0.593 bits per heavy atom. The molecule has 1 heteroatoms. The van der Waals surface area contributed by atoms with Crippen molar-refractivity contribution in [3.8, 4) is 122 Å². The summed E-state index contributed by atoms with van der Waals surface area (Å²) in [5.74, 6) is -0.0664. The van der Waals surface area contributed by atoms with E-state index in [0.29, 0.717) is 11.1 Å². The average molecular weight is 1100 g/mol. The molecule has 0 radical (unpaired) electrons. The SMILES string of the molecule is O=C(c1cc(-c2cc(C3=CC=CCC3)cc(-c3ccccc3)c2)cc(-c2cc(-c3ccccc3)cc(-c3ccccc3)c2)c1)c1cc(-c2cc(-c3ccccc3)cc(-c3ccccc3)c2)cc(-c2cc(-c3ccccc3)cc(-c3ccccc3)c2)c1. The summed E-state index contributed by atoms with van der Waals surface area (Å²) in [7, 11) is 0. The van der Waals surface area contributed by atoms with Gasteiger partial charge in [0.15, 0.2) is 5.78 Å². The summed E-state index contributed by atoms with van der Waals surface area (Å²) in [6, 6.07) is 115. The fourth-order valence-corrected chi connectivity index (χ4v) is 12.1. The number of ketones is 1. The van der Waals surface area contributed by atoms with Gasteiger partial charge in [-0.25, -0.2) is 0 Å². The number of hydrogen-bond donors (Lipinski definition) is 0. The van der Waals surface area contributed by atoms with Crippen LogP contribution in [0, 0.1) is 0 Å². The lowest BCUT2D eigenvalue weighted by molar-refractivity contribution is 0.103. The Labute approximate surface area is 504 Å². The highest BCUT2D eigenvalue weighted by Gasteiger charge is 2.21. The standard InChI is InChI=1S/C85H60O/c86-85(83-55-79(75-45-67(59-25-9-1-10-26-59)41-68(46-75)60-27-11-2-12-28-60)53-80(56-83)76-47-69(61-29-13-3-14-30-61)42-70(48-76)62-31-15-4-16-32-62)84-57-81(77-49-71(63-33-17-5-18-34-63)43-72(50-77)64-35-19-6-20-36-64)54-82(58-84)78-51-73(65-37-21-7-22-38-65)44-74(52-78)66-39-23-8-24-40-66/h1-23,25-39,41-58H,24,40H2. The zero-order valence-electron chi connectivity index (χ0n) is 47.7. The molecule has 13 aromatic carbocycles. The minimum absolute atomic E-state index is 0.0664. The predicted molar refractivity (Wildman–Crippen MR) is 362 cm³/mol. The fourth-order valence-electron chi connectivity index (χ4n) is 12.1. The van der Waals surface area contributed by atoms with Crippen molar-refractivity contribution in [3.63, 3.8) is 0 Å². The Bertz CT molecular complexity index is 4320. The molecule has 0 unspecified atom stereocenters. The Balaban J connectivity index is 1.02. The lowest BCUT2D eigenvalue weighted by atomic mass is 9.86. The van der Waals surface area contributed by atoms with E-state index in [2.05, 4.69) is 340 Å². The largest absolute Gasteiger partial charge is 0.289 e. The molecule has 0 atom stereocenters. The Kier molecular flexibility index (Phi) is 14.8. The first-order chi connectivity index (χ1) is 42.5. The zero-order valence-corrected chi connectivity index (χ0v) is 47.7. The van der Waals surface area contributed by atoms with E-state index in [4.69, 9.17) is 0 Å². The molecule has 1 aliphatic carbocycles. The second kappa shape index (κ2) is 24.1. The van der Waals surface area contributed by atoms with Gasteiger partial charge in [0.2, 0.25) is 0 Å². The smallest absolute Gasteiger partial charge is 0.193 e. The van der Waals surface area contributed by atoms with Crippen molar-refractivity contribution in [1.82, 2.24) is 0 Å². The monoisotopic (exact) mass is 1100 g/mol. The molecular weight excluding hydrogens is 1040 g/mol. The second-order valence-corrected chi connectivity index (χ2v) is 22.3. The van der Waals surface area contributed by atoms with Gasteiger partial charge in [-0.1, -0.05) is 231 Å². The molecule has 0 bridgehead atoms. The number of benzene rings is 13. The van der Waals surface area contributed by atoms with Crippen LogP contribution in [-0.2, 0) is 0 Å². The van der Waals surface area contributed by atoms with Crippen molar-refractivity contribution in [2.24, 2.45) is 0 Å². The number of carbonyl (C=O) groups is 1. The molecule has 0 heterocycles. The van der Waals surface area contributed by atoms with E-state index in [-0.39, 0.29) is 5.78 Å². The van der Waals surface area contributed by atoms with Gasteiger partial charge in [-0.15, -0.1) is 0 Å². The number of hydrogen-bond acceptors (Lipinski definition) is 1. The van der Waals surface area contributed by atoms with E-state index >= 15 is 4.79 Å². The minimum atomic E-state index is -0.0664. The summed E-state index contributed by atoms with van der Waals surface area (Å²) in [6.07, 6.45) is 8.61. The second-order valence-electron chi connectivity index (χ2n) is 22.3. The number of allylic oxidation sites excluding steroid dienone is 4. The maximum absolute atomic E-state index is 16.5.